The van der Waals surface area contributed by atoms with Crippen molar-refractivity contribution in [3.05, 3.63) is 119 Å². The molecule has 5 aromatic rings. The summed E-state index contributed by atoms with van der Waals surface area (Å²) in [7, 11) is -4.32. The number of rotatable bonds is 12. The minimum Gasteiger partial charge on any atom is -0.491 e. The van der Waals surface area contributed by atoms with Crippen molar-refractivity contribution >= 4 is 55.5 Å². The van der Waals surface area contributed by atoms with Crippen LogP contribution < -0.4 is 24.8 Å². The molecule has 3 atom stereocenters. The lowest BCUT2D eigenvalue weighted by Gasteiger charge is -2.39. The molecule has 13 heteroatoms. The molecule has 0 spiro atoms. The van der Waals surface area contributed by atoms with E-state index >= 15 is 0 Å². The lowest BCUT2D eigenvalue weighted by atomic mass is 9.72. The van der Waals surface area contributed by atoms with E-state index in [9.17, 15) is 13.2 Å². The number of amides is 1. The minimum atomic E-state index is -4.32. The van der Waals surface area contributed by atoms with Gasteiger partial charge in [0.05, 0.1) is 29.0 Å². The van der Waals surface area contributed by atoms with Gasteiger partial charge in [0, 0.05) is 61.1 Å². The van der Waals surface area contributed by atoms with E-state index in [4.69, 9.17) is 26.8 Å². The Kier molecular flexibility index (Phi) is 10.9. The van der Waals surface area contributed by atoms with Crippen LogP contribution in [0.5, 0.6) is 17.2 Å². The third-order valence-corrected chi connectivity index (χ3v) is 14.3. The van der Waals surface area contributed by atoms with Crippen molar-refractivity contribution in [3.8, 4) is 17.2 Å². The van der Waals surface area contributed by atoms with Crippen molar-refractivity contribution in [2.75, 3.05) is 50.0 Å². The molecule has 4 aliphatic rings. The van der Waals surface area contributed by atoms with Gasteiger partial charge < -0.3 is 25.1 Å². The van der Waals surface area contributed by atoms with Crippen molar-refractivity contribution < 1.29 is 22.7 Å². The van der Waals surface area contributed by atoms with Crippen molar-refractivity contribution in [2.45, 2.75) is 50.8 Å². The zero-order valence-electron chi connectivity index (χ0n) is 34.0. The number of sulfonamides is 1. The topological polar surface area (TPSA) is 143 Å². The molecule has 4 N–H and O–H groups in total. The Morgan fingerprint density at radius 3 is 2.55 bits per heavy atom. The molecule has 1 saturated heterocycles. The lowest BCUT2D eigenvalue weighted by molar-refractivity contribution is 0.0979. The maximum atomic E-state index is 13.9. The number of hydrogen-bond donors (Lipinski definition) is 3. The number of carbonyl (C=O) groups is 1. The van der Waals surface area contributed by atoms with E-state index in [2.05, 4.69) is 62.6 Å². The van der Waals surface area contributed by atoms with E-state index in [1.165, 1.54) is 28.8 Å². The van der Waals surface area contributed by atoms with Crippen LogP contribution in [0.25, 0.3) is 16.6 Å². The lowest BCUT2D eigenvalue weighted by Crippen LogP contribution is -2.47. The van der Waals surface area contributed by atoms with Gasteiger partial charge in [0.25, 0.3) is 15.9 Å². The number of nitrogens with zero attached hydrogens (tertiary/aromatic N) is 3. The van der Waals surface area contributed by atoms with Crippen LogP contribution in [-0.4, -0.2) is 68.5 Å². The molecule has 2 aromatic heterocycles. The Labute approximate surface area is 356 Å². The molecular weight excluding hydrogens is 796 g/mol. The summed E-state index contributed by atoms with van der Waals surface area (Å²) in [4.78, 5) is 26.1. The molecule has 1 saturated carbocycles. The number of pyridine rings is 1. The summed E-state index contributed by atoms with van der Waals surface area (Å²) >= 11 is 6.25. The molecule has 9 rings (SSSR count). The van der Waals surface area contributed by atoms with Gasteiger partial charge in [0.15, 0.2) is 0 Å². The summed E-state index contributed by atoms with van der Waals surface area (Å²) in [6, 6.07) is 21.5. The molecule has 2 fully saturated rings. The summed E-state index contributed by atoms with van der Waals surface area (Å²) in [6.45, 7) is 9.39. The Morgan fingerprint density at radius 2 is 1.80 bits per heavy atom. The van der Waals surface area contributed by atoms with Gasteiger partial charge in [-0.2, -0.15) is 0 Å². The van der Waals surface area contributed by atoms with Gasteiger partial charge in [-0.25, -0.2) is 18.1 Å². The van der Waals surface area contributed by atoms with Crippen LogP contribution in [0.15, 0.2) is 108 Å². The quantitative estimate of drug-likeness (QED) is 0.0828. The third-order valence-electron chi connectivity index (χ3n) is 12.7. The summed E-state index contributed by atoms with van der Waals surface area (Å²) in [6.07, 6.45) is 13.4. The minimum absolute atomic E-state index is 0.0600. The van der Waals surface area contributed by atoms with Crippen LogP contribution in [0.3, 0.4) is 0 Å². The molecule has 60 heavy (non-hydrogen) atoms. The van der Waals surface area contributed by atoms with E-state index in [-0.39, 0.29) is 27.3 Å². The number of aromatic nitrogens is 2. The molecule has 3 aromatic carbocycles. The number of halogens is 1. The van der Waals surface area contributed by atoms with E-state index in [1.54, 1.807) is 30.6 Å². The number of fused-ring (bicyclic) bond motifs is 3. The molecule has 2 bridgehead atoms. The number of allylic oxidation sites excluding steroid dienone is 3. The Bertz CT molecular complexity index is 2600. The fourth-order valence-corrected chi connectivity index (χ4v) is 10.5. The Balaban J connectivity index is 0.910. The molecule has 1 unspecified atom stereocenters. The Hall–Kier alpha value is -5.30. The number of aromatic amines is 1. The predicted molar refractivity (Wildman–Crippen MR) is 237 cm³/mol. The second-order valence-corrected chi connectivity index (χ2v) is 19.7. The number of hydrogen-bond acceptors (Lipinski definition) is 9. The average Bonchev–Trinajstić information content (AvgIpc) is 4.00. The van der Waals surface area contributed by atoms with Gasteiger partial charge in [0.1, 0.15) is 22.9 Å². The summed E-state index contributed by atoms with van der Waals surface area (Å²) in [5, 5.41) is 1.58. The number of piperazine rings is 1. The highest BCUT2D eigenvalue weighted by molar-refractivity contribution is 7.90. The van der Waals surface area contributed by atoms with Gasteiger partial charge in [-0.15, -0.1) is 0 Å². The maximum absolute atomic E-state index is 13.9. The molecule has 11 nitrogen and oxygen atoms in total. The molecule has 1 aliphatic heterocycles. The number of carbonyl (C=O) groups excluding carboxylic acids is 1. The van der Waals surface area contributed by atoms with Crippen molar-refractivity contribution in [3.63, 3.8) is 0 Å². The molecule has 0 radical (unpaired) electrons. The first-order chi connectivity index (χ1) is 28.9. The zero-order valence-corrected chi connectivity index (χ0v) is 35.6. The van der Waals surface area contributed by atoms with Gasteiger partial charge in [-0.1, -0.05) is 55.3 Å². The number of nitrogen functional groups attached to an aromatic ring is 1. The first-order valence-electron chi connectivity index (χ1n) is 20.8. The van der Waals surface area contributed by atoms with Crippen LogP contribution in [0.2, 0.25) is 5.02 Å². The standard InChI is InChI=1S/C47H51ClN6O5S/c1-47(2)15-13-34(41(26-47)31-5-7-36(48)8-6-31)28-53-17-19-54(20-18-53)37-9-11-40(44(24-37)59-38-23-33-14-16-50-45(33)51-27-38)46(55)52-60(56,57)39-10-12-43(42(49)25-39)58-29-35-22-30-3-4-32(35)21-30/h3-12,14,16,23-25,27,30,32,35H,13,15,17-22,26,28-29,49H2,1-2H3,(H,50,51)(H,52,55)/t30-,32+,35?/m0/s1. The van der Waals surface area contributed by atoms with E-state index < -0.39 is 15.9 Å². The largest absolute Gasteiger partial charge is 0.491 e. The monoisotopic (exact) mass is 846 g/mol. The second-order valence-electron chi connectivity index (χ2n) is 17.5. The normalized spacial score (nSPS) is 21.4. The van der Waals surface area contributed by atoms with Gasteiger partial charge in [0.2, 0.25) is 0 Å². The van der Waals surface area contributed by atoms with Crippen LogP contribution in [0.1, 0.15) is 61.9 Å². The molecule has 3 heterocycles. The number of ether oxygens (including phenoxy) is 2. The predicted octanol–water partition coefficient (Wildman–Crippen LogP) is 9.09. The van der Waals surface area contributed by atoms with Crippen molar-refractivity contribution in [2.24, 2.45) is 23.2 Å². The molecule has 3 aliphatic carbocycles. The average molecular weight is 847 g/mol. The highest BCUT2D eigenvalue weighted by Crippen LogP contribution is 2.45. The van der Waals surface area contributed by atoms with E-state index in [0.717, 1.165) is 80.9 Å². The van der Waals surface area contributed by atoms with Gasteiger partial charge in [-0.05, 0) is 121 Å². The van der Waals surface area contributed by atoms with Crippen molar-refractivity contribution in [1.29, 1.82) is 0 Å². The summed E-state index contributed by atoms with van der Waals surface area (Å²) < 4.78 is 41.9. The second kappa shape index (κ2) is 16.3. The fourth-order valence-electron chi connectivity index (χ4n) is 9.32. The highest BCUT2D eigenvalue weighted by atomic mass is 35.5. The smallest absolute Gasteiger partial charge is 0.268 e. The number of nitrogens with one attached hydrogen (secondary N) is 2. The summed E-state index contributed by atoms with van der Waals surface area (Å²) in [5.74, 6) is 1.76. The molecule has 312 valence electrons. The van der Waals surface area contributed by atoms with E-state index in [0.29, 0.717) is 41.5 Å². The number of nitrogens with two attached hydrogens (primary N) is 1. The maximum Gasteiger partial charge on any atom is 0.268 e. The molecule has 1 amide bonds. The van der Waals surface area contributed by atoms with Gasteiger partial charge >= 0.3 is 0 Å². The van der Waals surface area contributed by atoms with E-state index in [1.807, 2.05) is 30.3 Å². The van der Waals surface area contributed by atoms with Crippen molar-refractivity contribution in [1.82, 2.24) is 19.6 Å². The van der Waals surface area contributed by atoms with Crippen LogP contribution in [-0.2, 0) is 10.0 Å². The zero-order chi connectivity index (χ0) is 41.6. The number of anilines is 2. The van der Waals surface area contributed by atoms with Gasteiger partial charge in [-0.3, -0.25) is 9.69 Å². The SMILES string of the molecule is CC1(C)CCC(CN2CCN(c3ccc(C(=O)NS(=O)(=O)c4ccc(OCC5C[C@H]6C=C[C@@H]5C6)c(N)c4)c(Oc4cnc5[nH]ccc5c4)c3)CC2)=C(c2ccc(Cl)cc2)C1. The van der Waals surface area contributed by atoms with Crippen LogP contribution >= 0.6 is 11.6 Å². The third kappa shape index (κ3) is 8.64. The number of benzene rings is 3. The first-order valence-corrected chi connectivity index (χ1v) is 22.7. The Morgan fingerprint density at radius 1 is 0.983 bits per heavy atom. The summed E-state index contributed by atoms with van der Waals surface area (Å²) in [5.41, 5.74) is 12.5. The highest BCUT2D eigenvalue weighted by Gasteiger charge is 2.36. The van der Waals surface area contributed by atoms with Crippen LogP contribution in [0.4, 0.5) is 11.4 Å². The number of H-pyrrole nitrogens is 1. The first kappa shape index (κ1) is 40.1. The van der Waals surface area contributed by atoms with Crippen LogP contribution in [0, 0.1) is 23.2 Å². The molecular formula is C47H51ClN6O5S. The fraction of sp³-hybridized carbons (Fsp3) is 0.362.